The van der Waals surface area contributed by atoms with Gasteiger partial charge < -0.3 is 48.6 Å². The number of anilines is 1. The predicted molar refractivity (Wildman–Crippen MR) is 247 cm³/mol. The number of nitrogens with one attached hydrogen (secondary N) is 2. The van der Waals surface area contributed by atoms with Crippen LogP contribution in [0.15, 0.2) is 34.1 Å². The SMILES string of the molecule is CC1(C)CNCC12CC2.COc1c(F)c(F)cc2c(=O)c(C(=O)OB(F)F)cn([C@@H]3C[C@@H]3F)c12.COc1c(N2CC3(CC3)C(C)(NC(=O)OC(C)(C)C)C2)c(F)cc2c(=O)c(C(=O)O)cn([C@@H]3C[C@@H]3F)c12. The smallest absolute Gasteiger partial charge is 0.492 e. The minimum atomic E-state index is -3.48. The van der Waals surface area contributed by atoms with Crippen molar-refractivity contribution in [3.63, 3.8) is 0 Å². The molecule has 0 bridgehead atoms. The number of hydrogen-bond acceptors (Lipinski definition) is 11. The van der Waals surface area contributed by atoms with E-state index < -0.39 is 112 Å². The minimum absolute atomic E-state index is 0.0105. The van der Waals surface area contributed by atoms with Crippen LogP contribution < -0.4 is 35.9 Å². The van der Waals surface area contributed by atoms with Crippen molar-refractivity contribution in [2.45, 2.75) is 116 Å². The highest BCUT2D eigenvalue weighted by atomic mass is 19.2. The topological polar surface area (TPSA) is 180 Å². The fourth-order valence-corrected chi connectivity index (χ4v) is 10.3. The fraction of sp³-hybridized carbons (Fsp3) is 0.562. The Morgan fingerprint density at radius 3 is 1.73 bits per heavy atom. The van der Waals surface area contributed by atoms with Crippen molar-refractivity contribution < 1.29 is 68.9 Å². The molecule has 1 amide bonds. The number of halogens is 7. The molecule has 5 atom stereocenters. The van der Waals surface area contributed by atoms with Crippen molar-refractivity contribution in [3.05, 3.63) is 73.6 Å². The zero-order valence-electron chi connectivity index (χ0n) is 40.4. The van der Waals surface area contributed by atoms with E-state index in [1.54, 1.807) is 25.7 Å². The van der Waals surface area contributed by atoms with E-state index >= 15 is 4.39 Å². The Labute approximate surface area is 403 Å². The maximum absolute atomic E-state index is 15.8. The molecule has 23 heteroatoms. The van der Waals surface area contributed by atoms with Crippen LogP contribution in [0, 0.1) is 33.7 Å². The number of hydrogen-bond donors (Lipinski definition) is 3. The van der Waals surface area contributed by atoms with Crippen LogP contribution in [0.4, 0.5) is 41.1 Å². The number of alkyl carbamates (subject to hydrolysis) is 1. The summed E-state index contributed by atoms with van der Waals surface area (Å²) in [5, 5.41) is 15.3. The summed E-state index contributed by atoms with van der Waals surface area (Å²) in [5.41, 5.74) is -3.86. The fourth-order valence-electron chi connectivity index (χ4n) is 10.3. The summed E-state index contributed by atoms with van der Waals surface area (Å²) < 4.78 is 118. The molecule has 6 aliphatic rings. The summed E-state index contributed by atoms with van der Waals surface area (Å²) in [5.74, 6) is -7.36. The first-order valence-electron chi connectivity index (χ1n) is 23.2. The molecule has 15 nitrogen and oxygen atoms in total. The maximum atomic E-state index is 15.8. The van der Waals surface area contributed by atoms with Crippen molar-refractivity contribution in [2.75, 3.05) is 45.3 Å². The molecular weight excluding hydrogens is 950 g/mol. The number of ether oxygens (including phenoxy) is 3. The van der Waals surface area contributed by atoms with Crippen LogP contribution in [0.2, 0.25) is 0 Å². The number of aromatic nitrogens is 2. The number of aromatic carboxylic acids is 1. The van der Waals surface area contributed by atoms with Gasteiger partial charge in [-0.3, -0.25) is 9.59 Å². The number of carboxylic acid groups (broad SMARTS) is 1. The van der Waals surface area contributed by atoms with Crippen LogP contribution >= 0.6 is 0 Å². The number of amides is 1. The average molecular weight is 1010 g/mol. The molecule has 4 heterocycles. The number of methoxy groups -OCH3 is 2. The molecule has 384 valence electrons. The quantitative estimate of drug-likeness (QED) is 0.109. The zero-order valence-corrected chi connectivity index (χ0v) is 40.4. The van der Waals surface area contributed by atoms with E-state index in [0.29, 0.717) is 18.0 Å². The number of carbonyl (C=O) groups is 3. The van der Waals surface area contributed by atoms with Crippen LogP contribution in [0.5, 0.6) is 11.5 Å². The second-order valence-corrected chi connectivity index (χ2v) is 21.3. The minimum Gasteiger partial charge on any atom is -0.492 e. The van der Waals surface area contributed by atoms with Crippen LogP contribution in [0.3, 0.4) is 0 Å². The van der Waals surface area contributed by atoms with Gasteiger partial charge >= 0.3 is 25.5 Å². The monoisotopic (exact) mass is 1010 g/mol. The van der Waals surface area contributed by atoms with Gasteiger partial charge in [-0.25, -0.2) is 40.6 Å². The van der Waals surface area contributed by atoms with E-state index in [4.69, 9.17) is 14.2 Å². The van der Waals surface area contributed by atoms with E-state index in [2.05, 4.69) is 29.1 Å². The first kappa shape index (κ1) is 51.4. The van der Waals surface area contributed by atoms with Gasteiger partial charge in [0.25, 0.3) is 0 Å². The lowest BCUT2D eigenvalue weighted by Crippen LogP contribution is -2.54. The molecule has 10 rings (SSSR count). The highest BCUT2D eigenvalue weighted by Crippen LogP contribution is 2.61. The Bertz CT molecular complexity index is 2970. The van der Waals surface area contributed by atoms with Crippen molar-refractivity contribution in [1.82, 2.24) is 19.8 Å². The summed E-state index contributed by atoms with van der Waals surface area (Å²) in [6, 6.07) is -0.0494. The number of nitrogens with zero attached hydrogens (tertiary/aromatic N) is 3. The predicted octanol–water partition coefficient (Wildman–Crippen LogP) is 8.06. The number of carbonyl (C=O) groups excluding carboxylic acids is 2. The highest BCUT2D eigenvalue weighted by molar-refractivity contribution is 6.38. The highest BCUT2D eigenvalue weighted by Gasteiger charge is 2.64. The van der Waals surface area contributed by atoms with Gasteiger partial charge in [0.2, 0.25) is 16.7 Å². The Kier molecular flexibility index (Phi) is 13.0. The number of pyridine rings is 2. The van der Waals surface area contributed by atoms with E-state index in [1.807, 2.05) is 6.92 Å². The molecule has 0 radical (unpaired) electrons. The Hall–Kier alpha value is -6.00. The lowest BCUT2D eigenvalue weighted by Gasteiger charge is -2.33. The Balaban J connectivity index is 0.000000169. The summed E-state index contributed by atoms with van der Waals surface area (Å²) in [6.07, 6.45) is 3.49. The lowest BCUT2D eigenvalue weighted by atomic mass is 9.79. The molecule has 6 fully saturated rings. The molecule has 71 heavy (non-hydrogen) atoms. The van der Waals surface area contributed by atoms with Crippen molar-refractivity contribution in [1.29, 1.82) is 0 Å². The maximum Gasteiger partial charge on any atom is 0.798 e. The van der Waals surface area contributed by atoms with Gasteiger partial charge in [0.05, 0.1) is 53.6 Å². The Morgan fingerprint density at radius 2 is 1.30 bits per heavy atom. The molecule has 1 unspecified atom stereocenters. The molecule has 4 saturated carbocycles. The van der Waals surface area contributed by atoms with Crippen LogP contribution in [-0.2, 0) is 9.39 Å². The molecule has 2 saturated heterocycles. The summed E-state index contributed by atoms with van der Waals surface area (Å²) >= 11 is 0. The molecular formula is C48H55BF7N5O10. The van der Waals surface area contributed by atoms with Gasteiger partial charge in [0.15, 0.2) is 23.1 Å². The van der Waals surface area contributed by atoms with Crippen molar-refractivity contribution in [3.8, 4) is 11.5 Å². The third-order valence-corrected chi connectivity index (χ3v) is 14.9. The number of fused-ring (bicyclic) bond motifs is 2. The zero-order chi connectivity index (χ0) is 52.1. The summed E-state index contributed by atoms with van der Waals surface area (Å²) in [7, 11) is -1.13. The molecule has 2 aromatic heterocycles. The van der Waals surface area contributed by atoms with E-state index in [1.165, 1.54) is 37.6 Å². The molecule has 2 spiro atoms. The third kappa shape index (κ3) is 9.38. The average Bonchev–Trinajstić information content (AvgIpc) is 4.11. The van der Waals surface area contributed by atoms with Crippen LogP contribution in [0.25, 0.3) is 21.8 Å². The van der Waals surface area contributed by atoms with Gasteiger partial charge in [-0.2, -0.15) is 4.39 Å². The first-order chi connectivity index (χ1) is 33.1. The van der Waals surface area contributed by atoms with Gasteiger partial charge in [0.1, 0.15) is 34.8 Å². The number of rotatable bonds is 9. The molecule has 2 aliphatic heterocycles. The first-order valence-corrected chi connectivity index (χ1v) is 23.2. The normalized spacial score (nSPS) is 24.6. The largest absolute Gasteiger partial charge is 0.798 e. The van der Waals surface area contributed by atoms with Gasteiger partial charge in [-0.1, -0.05) is 13.8 Å². The number of carboxylic acids is 1. The number of alkyl halides is 2. The van der Waals surface area contributed by atoms with E-state index in [9.17, 15) is 55.3 Å². The van der Waals surface area contributed by atoms with Gasteiger partial charge in [0, 0.05) is 56.8 Å². The summed E-state index contributed by atoms with van der Waals surface area (Å²) in [6.45, 7) is 15.2. The molecule has 3 N–H and O–H groups in total. The van der Waals surface area contributed by atoms with Crippen LogP contribution in [-0.4, -0.2) is 104 Å². The molecule has 4 aliphatic carbocycles. The number of benzene rings is 2. The second-order valence-electron chi connectivity index (χ2n) is 21.3. The molecule has 2 aromatic carbocycles. The van der Waals surface area contributed by atoms with Crippen molar-refractivity contribution >= 4 is 53.0 Å². The lowest BCUT2D eigenvalue weighted by molar-refractivity contribution is 0.0439. The molecule has 4 aromatic rings. The van der Waals surface area contributed by atoms with Gasteiger partial charge in [-0.05, 0) is 76.3 Å². The standard InChI is InChI=1S/C26H31F2N3O6.C14H9BF5NO4.C8H15N/c1-24(2,3)37-23(35)29-25(4)11-30(12-26(25)6-7-26)19-16(28)8-13-18(21(19)36-5)31(17-9-15(17)27)10-14(20(13)32)22(33)34;1-24-13-10(18)8(17)2-5-11(13)21(9-3-7(9)16)4-6(12(5)22)14(23)25-15(19)20;1-7(2)5-9-6-8(7)3-4-8/h8,10,15,17H,6-7,9,11-12H2,1-5H3,(H,29,35)(H,33,34);2,4,7,9H,3H2,1H3;9H,3-6H2,1-2H3/t15-,17+,25?;7-,9+;/m00./s1. The third-order valence-electron chi connectivity index (χ3n) is 14.9. The van der Waals surface area contributed by atoms with Crippen molar-refractivity contribution in [2.24, 2.45) is 16.2 Å². The van der Waals surface area contributed by atoms with E-state index in [-0.39, 0.29) is 52.7 Å². The summed E-state index contributed by atoms with van der Waals surface area (Å²) in [4.78, 5) is 63.1. The van der Waals surface area contributed by atoms with Crippen LogP contribution in [0.1, 0.15) is 113 Å². The second kappa shape index (κ2) is 17.9. The Morgan fingerprint density at radius 1 is 0.789 bits per heavy atom. The van der Waals surface area contributed by atoms with Gasteiger partial charge in [-0.15, -0.1) is 0 Å². The van der Waals surface area contributed by atoms with E-state index in [0.717, 1.165) is 48.4 Å².